The van der Waals surface area contributed by atoms with E-state index in [0.29, 0.717) is 0 Å². The molecule has 2 aromatic rings. The van der Waals surface area contributed by atoms with Gasteiger partial charge in [0.2, 0.25) is 0 Å². The molecular weight excluding hydrogens is 224 g/mol. The fourth-order valence-corrected chi connectivity index (χ4v) is 1.91. The molecule has 0 aliphatic carbocycles. The number of hydrogen-bond acceptors (Lipinski definition) is 4. The van der Waals surface area contributed by atoms with Crippen LogP contribution in [0.1, 0.15) is 12.1 Å². The summed E-state index contributed by atoms with van der Waals surface area (Å²) < 4.78 is 0. The Morgan fingerprint density at radius 2 is 2.06 bits per heavy atom. The minimum absolute atomic E-state index is 0.937. The molecule has 96 valence electrons. The van der Waals surface area contributed by atoms with Crippen molar-refractivity contribution in [3.63, 3.8) is 0 Å². The average Bonchev–Trinajstić information content (AvgIpc) is 2.35. The van der Waals surface area contributed by atoms with E-state index in [1.54, 1.807) is 6.20 Å². The Morgan fingerprint density at radius 1 is 1.22 bits per heavy atom. The zero-order chi connectivity index (χ0) is 13.0. The first-order valence-electron chi connectivity index (χ1n) is 6.28. The number of nitrogens with zero attached hydrogens (tertiary/aromatic N) is 3. The summed E-state index contributed by atoms with van der Waals surface area (Å²) in [4.78, 5) is 11.0. The maximum absolute atomic E-state index is 4.59. The van der Waals surface area contributed by atoms with Gasteiger partial charge in [-0.1, -0.05) is 0 Å². The van der Waals surface area contributed by atoms with Gasteiger partial charge in [0.1, 0.15) is 5.82 Å². The Morgan fingerprint density at radius 3 is 2.83 bits per heavy atom. The molecular formula is C14H20N4. The third-order valence-corrected chi connectivity index (χ3v) is 2.90. The van der Waals surface area contributed by atoms with Crippen molar-refractivity contribution < 1.29 is 0 Å². The van der Waals surface area contributed by atoms with Gasteiger partial charge in [-0.15, -0.1) is 0 Å². The summed E-state index contributed by atoms with van der Waals surface area (Å²) in [5.74, 6) is 0.937. The summed E-state index contributed by atoms with van der Waals surface area (Å²) in [6, 6.07) is 6.05. The first-order chi connectivity index (χ1) is 8.66. The van der Waals surface area contributed by atoms with Gasteiger partial charge in [0.05, 0.1) is 5.52 Å². The normalized spacial score (nSPS) is 11.1. The predicted molar refractivity (Wildman–Crippen MR) is 75.9 cm³/mol. The highest BCUT2D eigenvalue weighted by Crippen LogP contribution is 2.16. The van der Waals surface area contributed by atoms with Crippen molar-refractivity contribution in [2.45, 2.75) is 13.3 Å². The summed E-state index contributed by atoms with van der Waals surface area (Å²) in [6.45, 7) is 4.04. The lowest BCUT2D eigenvalue weighted by Crippen LogP contribution is -2.16. The van der Waals surface area contributed by atoms with Crippen LogP contribution < -0.4 is 5.32 Å². The smallest absolute Gasteiger partial charge is 0.126 e. The number of fused-ring (bicyclic) bond motifs is 1. The molecule has 2 heterocycles. The summed E-state index contributed by atoms with van der Waals surface area (Å²) in [5.41, 5.74) is 2.03. The highest BCUT2D eigenvalue weighted by atomic mass is 15.1. The Labute approximate surface area is 108 Å². The van der Waals surface area contributed by atoms with Crippen molar-refractivity contribution in [2.75, 3.05) is 32.5 Å². The molecule has 2 aromatic heterocycles. The second-order valence-corrected chi connectivity index (χ2v) is 4.74. The Balaban J connectivity index is 2.02. The molecule has 0 saturated carbocycles. The van der Waals surface area contributed by atoms with Gasteiger partial charge in [-0.2, -0.15) is 0 Å². The van der Waals surface area contributed by atoms with Crippen LogP contribution in [0.15, 0.2) is 24.4 Å². The fraction of sp³-hybridized carbons (Fsp3) is 0.429. The molecule has 0 aliphatic heterocycles. The molecule has 0 radical (unpaired) electrons. The van der Waals surface area contributed by atoms with Crippen LogP contribution in [-0.4, -0.2) is 42.1 Å². The number of pyridine rings is 2. The molecule has 2 rings (SSSR count). The first-order valence-corrected chi connectivity index (χ1v) is 6.28. The minimum Gasteiger partial charge on any atom is -0.370 e. The minimum atomic E-state index is 0.937. The predicted octanol–water partition coefficient (Wildman–Crippen LogP) is 2.30. The molecule has 0 saturated heterocycles. The highest BCUT2D eigenvalue weighted by Gasteiger charge is 2.00. The third kappa shape index (κ3) is 3.17. The van der Waals surface area contributed by atoms with Crippen LogP contribution in [0.4, 0.5) is 5.82 Å². The number of rotatable bonds is 5. The van der Waals surface area contributed by atoms with E-state index in [1.165, 1.54) is 0 Å². The number of hydrogen-bond donors (Lipinski definition) is 1. The molecule has 0 aromatic carbocycles. The lowest BCUT2D eigenvalue weighted by Gasteiger charge is -2.10. The second-order valence-electron chi connectivity index (χ2n) is 4.74. The van der Waals surface area contributed by atoms with Gasteiger partial charge in [0.15, 0.2) is 0 Å². The summed E-state index contributed by atoms with van der Waals surface area (Å²) >= 11 is 0. The fourth-order valence-electron chi connectivity index (χ4n) is 1.91. The van der Waals surface area contributed by atoms with Crippen molar-refractivity contribution in [1.29, 1.82) is 0 Å². The van der Waals surface area contributed by atoms with Gasteiger partial charge in [-0.25, -0.2) is 4.98 Å². The summed E-state index contributed by atoms with van der Waals surface area (Å²) in [7, 11) is 4.17. The van der Waals surface area contributed by atoms with E-state index in [2.05, 4.69) is 40.3 Å². The Kier molecular flexibility index (Phi) is 4.10. The van der Waals surface area contributed by atoms with Crippen molar-refractivity contribution in [3.8, 4) is 0 Å². The molecule has 4 heteroatoms. The second kappa shape index (κ2) is 5.78. The van der Waals surface area contributed by atoms with E-state index in [4.69, 9.17) is 0 Å². The Hall–Kier alpha value is -1.68. The lowest BCUT2D eigenvalue weighted by atomic mass is 10.2. The molecule has 0 spiro atoms. The summed E-state index contributed by atoms with van der Waals surface area (Å²) in [6.07, 6.45) is 2.92. The number of anilines is 1. The number of aromatic nitrogens is 2. The van der Waals surface area contributed by atoms with E-state index in [9.17, 15) is 0 Å². The Bertz CT molecular complexity index is 522. The quantitative estimate of drug-likeness (QED) is 0.819. The van der Waals surface area contributed by atoms with Crippen molar-refractivity contribution in [1.82, 2.24) is 14.9 Å². The van der Waals surface area contributed by atoms with Crippen LogP contribution in [0.5, 0.6) is 0 Å². The molecule has 0 atom stereocenters. The maximum atomic E-state index is 4.59. The van der Waals surface area contributed by atoms with Crippen molar-refractivity contribution >= 4 is 16.7 Å². The molecule has 1 N–H and O–H groups in total. The molecule has 0 amide bonds. The van der Waals surface area contributed by atoms with Crippen LogP contribution >= 0.6 is 0 Å². The summed E-state index contributed by atoms with van der Waals surface area (Å²) in [5, 5.41) is 4.48. The van der Waals surface area contributed by atoms with E-state index < -0.39 is 0 Å². The van der Waals surface area contributed by atoms with Crippen LogP contribution in [-0.2, 0) is 0 Å². The van der Waals surface area contributed by atoms with Crippen LogP contribution in [0.2, 0.25) is 0 Å². The molecule has 0 aliphatic rings. The monoisotopic (exact) mass is 244 g/mol. The van der Waals surface area contributed by atoms with Gasteiger partial charge in [0, 0.05) is 23.8 Å². The van der Waals surface area contributed by atoms with Gasteiger partial charge in [0.25, 0.3) is 0 Å². The SMILES string of the molecule is Cc1nccc2nc(NCCCN(C)C)ccc12. The highest BCUT2D eigenvalue weighted by molar-refractivity contribution is 5.81. The molecule has 0 bridgehead atoms. The molecule has 0 unspecified atom stereocenters. The van der Waals surface area contributed by atoms with Crippen molar-refractivity contribution in [2.24, 2.45) is 0 Å². The van der Waals surface area contributed by atoms with E-state index in [0.717, 1.165) is 41.9 Å². The average molecular weight is 244 g/mol. The van der Waals surface area contributed by atoms with E-state index >= 15 is 0 Å². The first kappa shape index (κ1) is 12.8. The zero-order valence-electron chi connectivity index (χ0n) is 11.3. The number of nitrogens with one attached hydrogen (secondary N) is 1. The largest absolute Gasteiger partial charge is 0.370 e. The van der Waals surface area contributed by atoms with Gasteiger partial charge < -0.3 is 10.2 Å². The molecule has 0 fully saturated rings. The van der Waals surface area contributed by atoms with E-state index in [1.807, 2.05) is 19.1 Å². The standard InChI is InChI=1S/C14H20N4/c1-11-12-5-6-14(16-8-4-10-18(2)3)17-13(12)7-9-15-11/h5-7,9H,4,8,10H2,1-3H3,(H,16,17). The van der Waals surface area contributed by atoms with E-state index in [-0.39, 0.29) is 0 Å². The van der Waals surface area contributed by atoms with Gasteiger partial charge in [-0.05, 0) is 52.2 Å². The zero-order valence-corrected chi connectivity index (χ0v) is 11.3. The molecule has 18 heavy (non-hydrogen) atoms. The van der Waals surface area contributed by atoms with Gasteiger partial charge in [-0.3, -0.25) is 4.98 Å². The van der Waals surface area contributed by atoms with Gasteiger partial charge >= 0.3 is 0 Å². The topological polar surface area (TPSA) is 41.1 Å². The van der Waals surface area contributed by atoms with Crippen molar-refractivity contribution in [3.05, 3.63) is 30.1 Å². The van der Waals surface area contributed by atoms with Crippen LogP contribution in [0.3, 0.4) is 0 Å². The molecule has 4 nitrogen and oxygen atoms in total. The number of aryl methyl sites for hydroxylation is 1. The third-order valence-electron chi connectivity index (χ3n) is 2.90. The van der Waals surface area contributed by atoms with Crippen LogP contribution in [0, 0.1) is 6.92 Å². The van der Waals surface area contributed by atoms with Crippen LogP contribution in [0.25, 0.3) is 10.9 Å². The lowest BCUT2D eigenvalue weighted by molar-refractivity contribution is 0.405. The maximum Gasteiger partial charge on any atom is 0.126 e.